The molecule has 0 aliphatic rings. The van der Waals surface area contributed by atoms with E-state index in [1.165, 1.54) is 18.0 Å². The molecule has 8 heteroatoms. The molecule has 3 N–H and O–H groups in total. The number of amides is 2. The van der Waals surface area contributed by atoms with Crippen molar-refractivity contribution < 1.29 is 19.4 Å². The number of aromatic nitrogens is 2. The van der Waals surface area contributed by atoms with Crippen molar-refractivity contribution in [1.82, 2.24) is 15.1 Å². The number of rotatable bonds is 7. The SMILES string of the molecule is COC(=O)c1cnn(C)c1NC(=O)NC(CCCO)c1ccccc1. The summed E-state index contributed by atoms with van der Waals surface area (Å²) in [5, 5.41) is 18.5. The Kier molecular flexibility index (Phi) is 6.53. The summed E-state index contributed by atoms with van der Waals surface area (Å²) in [6.45, 7) is 0.0425. The maximum Gasteiger partial charge on any atom is 0.343 e. The number of esters is 1. The third kappa shape index (κ3) is 4.80. The number of nitrogens with one attached hydrogen (secondary N) is 2. The van der Waals surface area contributed by atoms with Crippen LogP contribution in [0.25, 0.3) is 0 Å². The average molecular weight is 346 g/mol. The van der Waals surface area contributed by atoms with E-state index < -0.39 is 12.0 Å². The van der Waals surface area contributed by atoms with E-state index in [1.807, 2.05) is 30.3 Å². The lowest BCUT2D eigenvalue weighted by Crippen LogP contribution is -2.33. The van der Waals surface area contributed by atoms with Crippen LogP contribution in [0.5, 0.6) is 0 Å². The van der Waals surface area contributed by atoms with Crippen molar-refractivity contribution in [3.05, 3.63) is 47.7 Å². The summed E-state index contributed by atoms with van der Waals surface area (Å²) in [5.41, 5.74) is 1.11. The largest absolute Gasteiger partial charge is 0.465 e. The number of carbonyl (C=O) groups is 2. The minimum Gasteiger partial charge on any atom is -0.465 e. The lowest BCUT2D eigenvalue weighted by Gasteiger charge is -2.19. The van der Waals surface area contributed by atoms with Gasteiger partial charge in [0, 0.05) is 13.7 Å². The third-order valence-electron chi connectivity index (χ3n) is 3.73. The molecule has 0 bridgehead atoms. The van der Waals surface area contributed by atoms with Crippen molar-refractivity contribution >= 4 is 17.8 Å². The highest BCUT2D eigenvalue weighted by molar-refractivity contribution is 5.99. The number of aliphatic hydroxyl groups is 1. The number of ether oxygens (including phenoxy) is 1. The normalized spacial score (nSPS) is 11.6. The molecule has 2 aromatic rings. The number of methoxy groups -OCH3 is 1. The first-order valence-electron chi connectivity index (χ1n) is 7.90. The van der Waals surface area contributed by atoms with Gasteiger partial charge >= 0.3 is 12.0 Å². The molecular weight excluding hydrogens is 324 g/mol. The van der Waals surface area contributed by atoms with Crippen molar-refractivity contribution in [1.29, 1.82) is 0 Å². The summed E-state index contributed by atoms with van der Waals surface area (Å²) in [7, 11) is 2.88. The van der Waals surface area contributed by atoms with E-state index in [-0.39, 0.29) is 24.0 Å². The Hall–Kier alpha value is -2.87. The predicted octanol–water partition coefficient (Wildman–Crippen LogP) is 1.84. The van der Waals surface area contributed by atoms with Crippen LogP contribution < -0.4 is 10.6 Å². The molecule has 134 valence electrons. The summed E-state index contributed by atoms with van der Waals surface area (Å²) in [4.78, 5) is 24.1. The Bertz CT molecular complexity index is 715. The van der Waals surface area contributed by atoms with Crippen LogP contribution in [0.4, 0.5) is 10.6 Å². The highest BCUT2D eigenvalue weighted by Gasteiger charge is 2.20. The minimum atomic E-state index is -0.580. The molecule has 1 heterocycles. The fraction of sp³-hybridized carbons (Fsp3) is 0.353. The molecule has 0 radical (unpaired) electrons. The molecule has 1 unspecified atom stereocenters. The standard InChI is InChI=1S/C17H22N4O4/c1-21-15(13(11-18-21)16(23)25-2)20-17(24)19-14(9-6-10-22)12-7-4-3-5-8-12/h3-5,7-8,11,14,22H,6,9-10H2,1-2H3,(H2,19,20,24). The van der Waals surface area contributed by atoms with Crippen LogP contribution in [0.3, 0.4) is 0 Å². The van der Waals surface area contributed by atoms with Crippen LogP contribution in [0.2, 0.25) is 0 Å². The lowest BCUT2D eigenvalue weighted by atomic mass is 10.0. The summed E-state index contributed by atoms with van der Waals surface area (Å²) in [6.07, 6.45) is 2.48. The maximum absolute atomic E-state index is 12.4. The Morgan fingerprint density at radius 3 is 2.68 bits per heavy atom. The van der Waals surface area contributed by atoms with Crippen molar-refractivity contribution in [2.75, 3.05) is 19.0 Å². The van der Waals surface area contributed by atoms with E-state index in [0.29, 0.717) is 12.8 Å². The number of aryl methyl sites for hydroxylation is 1. The number of aliphatic hydroxyl groups excluding tert-OH is 1. The van der Waals surface area contributed by atoms with Crippen LogP contribution in [-0.2, 0) is 11.8 Å². The van der Waals surface area contributed by atoms with Gasteiger partial charge in [0.2, 0.25) is 0 Å². The molecule has 1 aromatic carbocycles. The molecule has 2 amide bonds. The fourth-order valence-corrected chi connectivity index (χ4v) is 2.45. The van der Waals surface area contributed by atoms with Gasteiger partial charge in [-0.25, -0.2) is 9.59 Å². The van der Waals surface area contributed by atoms with E-state index in [9.17, 15) is 9.59 Å². The monoisotopic (exact) mass is 346 g/mol. The summed E-state index contributed by atoms with van der Waals surface area (Å²) in [5.74, 6) is -0.332. The second-order valence-corrected chi connectivity index (χ2v) is 5.45. The topological polar surface area (TPSA) is 105 Å². The van der Waals surface area contributed by atoms with Gasteiger partial charge in [-0.2, -0.15) is 5.10 Å². The van der Waals surface area contributed by atoms with Crippen LogP contribution in [-0.4, -0.2) is 40.6 Å². The number of carbonyl (C=O) groups excluding carboxylic acids is 2. The Labute approximate surface area is 145 Å². The number of benzene rings is 1. The number of nitrogens with zero attached hydrogens (tertiary/aromatic N) is 2. The Morgan fingerprint density at radius 1 is 1.32 bits per heavy atom. The second kappa shape index (κ2) is 8.84. The smallest absolute Gasteiger partial charge is 0.343 e. The van der Waals surface area contributed by atoms with Gasteiger partial charge in [0.25, 0.3) is 0 Å². The van der Waals surface area contributed by atoms with E-state index >= 15 is 0 Å². The second-order valence-electron chi connectivity index (χ2n) is 5.45. The summed E-state index contributed by atoms with van der Waals surface area (Å²) in [6, 6.07) is 8.75. The number of anilines is 1. The molecule has 1 atom stereocenters. The highest BCUT2D eigenvalue weighted by Crippen LogP contribution is 2.19. The first-order valence-corrected chi connectivity index (χ1v) is 7.90. The van der Waals surface area contributed by atoms with Crippen molar-refractivity contribution in [3.8, 4) is 0 Å². The molecule has 0 aliphatic heterocycles. The molecule has 0 saturated carbocycles. The van der Waals surface area contributed by atoms with Gasteiger partial charge in [-0.3, -0.25) is 10.00 Å². The van der Waals surface area contributed by atoms with E-state index in [2.05, 4.69) is 20.5 Å². The molecule has 8 nitrogen and oxygen atoms in total. The quantitative estimate of drug-likeness (QED) is 0.664. The third-order valence-corrected chi connectivity index (χ3v) is 3.73. The van der Waals surface area contributed by atoms with Crippen molar-refractivity contribution in [2.45, 2.75) is 18.9 Å². The van der Waals surface area contributed by atoms with Crippen molar-refractivity contribution in [3.63, 3.8) is 0 Å². The Morgan fingerprint density at radius 2 is 2.04 bits per heavy atom. The number of hydrogen-bond acceptors (Lipinski definition) is 5. The van der Waals surface area contributed by atoms with Gasteiger partial charge in [0.05, 0.1) is 19.3 Å². The van der Waals surface area contributed by atoms with Crippen molar-refractivity contribution in [2.24, 2.45) is 7.05 Å². The first-order chi connectivity index (χ1) is 12.1. The van der Waals surface area contributed by atoms with Gasteiger partial charge < -0.3 is 15.2 Å². The number of hydrogen-bond donors (Lipinski definition) is 3. The van der Waals surface area contributed by atoms with Crippen LogP contribution >= 0.6 is 0 Å². The molecule has 2 rings (SSSR count). The zero-order valence-electron chi connectivity index (χ0n) is 14.2. The van der Waals surface area contributed by atoms with Gasteiger partial charge in [-0.15, -0.1) is 0 Å². The van der Waals surface area contributed by atoms with E-state index in [4.69, 9.17) is 5.11 Å². The molecule has 25 heavy (non-hydrogen) atoms. The molecule has 0 saturated heterocycles. The summed E-state index contributed by atoms with van der Waals surface area (Å²) >= 11 is 0. The van der Waals surface area contributed by atoms with Crippen LogP contribution in [0.1, 0.15) is 34.8 Å². The first kappa shape index (κ1) is 18.5. The van der Waals surface area contributed by atoms with Crippen LogP contribution in [0, 0.1) is 0 Å². The molecular formula is C17H22N4O4. The van der Waals surface area contributed by atoms with E-state index in [0.717, 1.165) is 5.56 Å². The van der Waals surface area contributed by atoms with Gasteiger partial charge in [0.1, 0.15) is 11.4 Å². The highest BCUT2D eigenvalue weighted by atomic mass is 16.5. The zero-order chi connectivity index (χ0) is 18.2. The summed E-state index contributed by atoms with van der Waals surface area (Å²) < 4.78 is 6.07. The average Bonchev–Trinajstić information content (AvgIpc) is 2.99. The molecule has 0 fully saturated rings. The fourth-order valence-electron chi connectivity index (χ4n) is 2.45. The Balaban J connectivity index is 2.12. The van der Waals surface area contributed by atoms with E-state index in [1.54, 1.807) is 7.05 Å². The number of urea groups is 1. The maximum atomic E-state index is 12.4. The van der Waals surface area contributed by atoms with Gasteiger partial charge in [-0.1, -0.05) is 30.3 Å². The molecule has 0 aliphatic carbocycles. The predicted molar refractivity (Wildman–Crippen MR) is 92.2 cm³/mol. The van der Waals surface area contributed by atoms with Gasteiger partial charge in [0.15, 0.2) is 0 Å². The zero-order valence-corrected chi connectivity index (χ0v) is 14.2. The van der Waals surface area contributed by atoms with Gasteiger partial charge in [-0.05, 0) is 18.4 Å². The van der Waals surface area contributed by atoms with Crippen LogP contribution in [0.15, 0.2) is 36.5 Å². The molecule has 0 spiro atoms. The minimum absolute atomic E-state index is 0.0425. The molecule has 1 aromatic heterocycles. The lowest BCUT2D eigenvalue weighted by molar-refractivity contribution is 0.0602.